The number of methoxy groups -OCH3 is 2. The molecular formula is C28H31ClF3N6O5-. The van der Waals surface area contributed by atoms with Gasteiger partial charge in [-0.25, -0.2) is 4.98 Å². The van der Waals surface area contributed by atoms with Gasteiger partial charge in [-0.05, 0) is 36.9 Å². The highest BCUT2D eigenvalue weighted by Gasteiger charge is 2.31. The van der Waals surface area contributed by atoms with Crippen LogP contribution in [0.4, 0.5) is 35.4 Å². The predicted molar refractivity (Wildman–Crippen MR) is 152 cm³/mol. The third kappa shape index (κ3) is 8.30. The summed E-state index contributed by atoms with van der Waals surface area (Å²) in [7, 11) is 5.07. The molecule has 1 aliphatic heterocycles. The van der Waals surface area contributed by atoms with Crippen LogP contribution in [-0.2, 0) is 12.7 Å². The maximum absolute atomic E-state index is 13.2. The van der Waals surface area contributed by atoms with Gasteiger partial charge >= 0.3 is 6.18 Å². The molecule has 1 fully saturated rings. The zero-order chi connectivity index (χ0) is 31.1. The van der Waals surface area contributed by atoms with E-state index in [0.717, 1.165) is 50.9 Å². The van der Waals surface area contributed by atoms with Crippen LogP contribution in [0.3, 0.4) is 0 Å². The average Bonchev–Trinajstić information content (AvgIpc) is 2.97. The molecule has 0 atom stereocenters. The van der Waals surface area contributed by atoms with Crippen LogP contribution in [0.2, 0.25) is 5.02 Å². The predicted octanol–water partition coefficient (Wildman–Crippen LogP) is 3.89. The van der Waals surface area contributed by atoms with Gasteiger partial charge in [0.05, 0.1) is 26.3 Å². The van der Waals surface area contributed by atoms with Crippen LogP contribution in [0, 0.1) is 0 Å². The zero-order valence-corrected chi connectivity index (χ0v) is 24.5. The summed E-state index contributed by atoms with van der Waals surface area (Å²) in [6.45, 7) is 4.52. The first-order chi connectivity index (χ1) is 20.5. The highest BCUT2D eigenvalue weighted by Crippen LogP contribution is 2.41. The van der Waals surface area contributed by atoms with Crippen molar-refractivity contribution in [3.8, 4) is 17.2 Å². The number of hydrogen-bond donors (Lipinski definition) is 1. The number of rotatable bonds is 11. The Bertz CT molecular complexity index is 1400. The van der Waals surface area contributed by atoms with Gasteiger partial charge in [-0.1, -0.05) is 11.6 Å². The fourth-order valence-electron chi connectivity index (χ4n) is 4.41. The molecule has 0 spiro atoms. The van der Waals surface area contributed by atoms with E-state index in [4.69, 9.17) is 25.8 Å². The number of likely N-dealkylation sites (N-methyl/N-ethyl adjacent to an activating group) is 1. The van der Waals surface area contributed by atoms with Crippen LogP contribution in [0.1, 0.15) is 11.1 Å². The minimum atomic E-state index is -4.63. The number of nitrogens with one attached hydrogen (secondary N) is 1. The molecule has 1 aliphatic rings. The molecule has 0 unspecified atom stereocenters. The molecule has 4 rings (SSSR count). The third-order valence-corrected chi connectivity index (χ3v) is 7.17. The van der Waals surface area contributed by atoms with Crippen molar-refractivity contribution in [1.29, 1.82) is 0 Å². The first-order valence-corrected chi connectivity index (χ1v) is 13.6. The van der Waals surface area contributed by atoms with E-state index in [1.54, 1.807) is 12.1 Å². The van der Waals surface area contributed by atoms with Crippen molar-refractivity contribution >= 4 is 35.1 Å². The molecule has 232 valence electrons. The molecule has 1 saturated heterocycles. The highest BCUT2D eigenvalue weighted by molar-refractivity contribution is 6.31. The molecule has 3 aromatic rings. The molecule has 15 heteroatoms. The average molecular weight is 624 g/mol. The Labute approximate surface area is 251 Å². The van der Waals surface area contributed by atoms with Crippen LogP contribution in [-0.4, -0.2) is 86.5 Å². The van der Waals surface area contributed by atoms with Crippen LogP contribution >= 0.6 is 11.6 Å². The van der Waals surface area contributed by atoms with E-state index < -0.39 is 24.4 Å². The number of carbonyl (C=O) groups is 1. The molecule has 2 aromatic carbocycles. The summed E-state index contributed by atoms with van der Waals surface area (Å²) in [6, 6.07) is 7.22. The van der Waals surface area contributed by atoms with Crippen molar-refractivity contribution in [2.24, 2.45) is 0 Å². The van der Waals surface area contributed by atoms with Crippen molar-refractivity contribution < 1.29 is 37.3 Å². The quantitative estimate of drug-likeness (QED) is 0.337. The largest absolute Gasteiger partial charge is 0.530 e. The maximum Gasteiger partial charge on any atom is 0.416 e. The number of piperazine rings is 1. The molecule has 1 aromatic heterocycles. The lowest BCUT2D eigenvalue weighted by molar-refractivity contribution is -0.246. The number of carbonyl (C=O) groups excluding carboxylic acids is 1. The Morgan fingerprint density at radius 1 is 1.09 bits per heavy atom. The van der Waals surface area contributed by atoms with Crippen molar-refractivity contribution in [3.63, 3.8) is 0 Å². The van der Waals surface area contributed by atoms with Gasteiger partial charge in [0, 0.05) is 61.8 Å². The molecule has 43 heavy (non-hydrogen) atoms. The molecule has 11 nitrogen and oxygen atoms in total. The lowest BCUT2D eigenvalue weighted by Crippen LogP contribution is -2.45. The molecule has 2 heterocycles. The summed E-state index contributed by atoms with van der Waals surface area (Å²) >= 11 is 6.08. The maximum atomic E-state index is 13.2. The monoisotopic (exact) mass is 623 g/mol. The first kappa shape index (κ1) is 31.9. The van der Waals surface area contributed by atoms with E-state index in [0.29, 0.717) is 34.4 Å². The minimum absolute atomic E-state index is 0.00766. The summed E-state index contributed by atoms with van der Waals surface area (Å²) in [5.74, 6) is 1.03. The number of aromatic nitrogens is 2. The second-order valence-corrected chi connectivity index (χ2v) is 10.1. The van der Waals surface area contributed by atoms with E-state index in [2.05, 4.69) is 32.1 Å². The summed E-state index contributed by atoms with van der Waals surface area (Å²) in [5, 5.41) is 14.9. The van der Waals surface area contributed by atoms with E-state index in [-0.39, 0.29) is 22.4 Å². The van der Waals surface area contributed by atoms with Gasteiger partial charge in [-0.3, -0.25) is 4.90 Å². The first-order valence-electron chi connectivity index (χ1n) is 13.2. The number of ether oxygens (including phenoxy) is 3. The Kier molecular flexibility index (Phi) is 10.4. The highest BCUT2D eigenvalue weighted by atomic mass is 35.5. The minimum Gasteiger partial charge on any atom is -0.530 e. The molecule has 0 aliphatic carbocycles. The van der Waals surface area contributed by atoms with E-state index in [9.17, 15) is 23.1 Å². The Balaban J connectivity index is 1.51. The van der Waals surface area contributed by atoms with Gasteiger partial charge < -0.3 is 39.2 Å². The van der Waals surface area contributed by atoms with E-state index in [1.807, 2.05) is 0 Å². The van der Waals surface area contributed by atoms with Gasteiger partial charge in [-0.2, -0.15) is 18.2 Å². The van der Waals surface area contributed by atoms with Gasteiger partial charge in [0.2, 0.25) is 11.7 Å². The van der Waals surface area contributed by atoms with Crippen molar-refractivity contribution in [1.82, 2.24) is 19.8 Å². The SMILES string of the molecule is COc1cc(Nc2nccc(N(Cc3cc(C(F)(F)F)ccc3Cl)C(=O)[O-])n2)cc(OC)c1OCCN1CCN(C)CC1. The van der Waals surface area contributed by atoms with Crippen molar-refractivity contribution in [2.75, 3.05) is 70.8 Å². The van der Waals surface area contributed by atoms with E-state index in [1.165, 1.54) is 26.5 Å². The Morgan fingerprint density at radius 2 is 1.77 bits per heavy atom. The lowest BCUT2D eigenvalue weighted by Gasteiger charge is -2.32. The summed E-state index contributed by atoms with van der Waals surface area (Å²) in [4.78, 5) is 25.6. The summed E-state index contributed by atoms with van der Waals surface area (Å²) < 4.78 is 56.8. The molecule has 1 amide bonds. The van der Waals surface area contributed by atoms with Crippen LogP contribution in [0.25, 0.3) is 0 Å². The second-order valence-electron chi connectivity index (χ2n) is 9.72. The lowest BCUT2D eigenvalue weighted by atomic mass is 10.1. The van der Waals surface area contributed by atoms with Gasteiger partial charge in [-0.15, -0.1) is 0 Å². The number of halogens is 4. The number of benzene rings is 2. The normalized spacial score (nSPS) is 14.3. The number of amides is 1. The number of carboxylic acid groups (broad SMARTS) is 1. The molecular weight excluding hydrogens is 593 g/mol. The van der Waals surface area contributed by atoms with Crippen LogP contribution < -0.4 is 29.5 Å². The van der Waals surface area contributed by atoms with Crippen LogP contribution in [0.15, 0.2) is 42.6 Å². The molecule has 1 N–H and O–H groups in total. The van der Waals surface area contributed by atoms with Crippen molar-refractivity contribution in [2.45, 2.75) is 12.7 Å². The summed E-state index contributed by atoms with van der Waals surface area (Å²) in [5.41, 5.74) is -0.602. The number of hydrogen-bond acceptors (Lipinski definition) is 10. The zero-order valence-electron chi connectivity index (χ0n) is 23.8. The van der Waals surface area contributed by atoms with Gasteiger partial charge in [0.15, 0.2) is 11.5 Å². The fraction of sp³-hybridized carbons (Fsp3) is 0.393. The fourth-order valence-corrected chi connectivity index (χ4v) is 4.59. The topological polar surface area (TPSA) is 115 Å². The second kappa shape index (κ2) is 14.0. The van der Waals surface area contributed by atoms with E-state index >= 15 is 0 Å². The number of alkyl halides is 3. The number of anilines is 3. The summed E-state index contributed by atoms with van der Waals surface area (Å²) in [6.07, 6.45) is -5.04. The van der Waals surface area contributed by atoms with Gasteiger partial charge in [0.25, 0.3) is 0 Å². The Hall–Kier alpha value is -4.01. The molecule has 0 bridgehead atoms. The van der Waals surface area contributed by atoms with Crippen molar-refractivity contribution in [3.05, 3.63) is 58.7 Å². The Morgan fingerprint density at radius 3 is 2.37 bits per heavy atom. The smallest absolute Gasteiger partial charge is 0.416 e. The molecule has 0 radical (unpaired) electrons. The van der Waals surface area contributed by atoms with Crippen LogP contribution in [0.5, 0.6) is 17.2 Å². The number of nitrogens with zero attached hydrogens (tertiary/aromatic N) is 5. The third-order valence-electron chi connectivity index (χ3n) is 6.81. The standard InChI is InChI=1S/C28H32ClF3N6O5/c1-36-8-10-37(11-9-36)12-13-43-25-22(41-2)15-20(16-23(25)42-3)34-26-33-7-6-24(35-26)38(27(39)40)17-18-14-19(28(30,31)32)4-5-21(18)29/h4-7,14-16H,8-13,17H2,1-3H3,(H,39,40)(H,33,34,35)/p-1. The molecule has 0 saturated carbocycles. The van der Waals surface area contributed by atoms with Gasteiger partial charge in [0.1, 0.15) is 18.5 Å².